The maximum absolute atomic E-state index is 12.9. The molecule has 2 aliphatic rings. The number of aromatic nitrogens is 2. The molecule has 0 bridgehead atoms. The highest BCUT2D eigenvalue weighted by Crippen LogP contribution is 2.42. The summed E-state index contributed by atoms with van der Waals surface area (Å²) in [5, 5.41) is 14.3. The molecular weight excluding hydrogens is 290 g/mol. The molecular formula is C18H29N3O2. The topological polar surface area (TPSA) is 58.4 Å². The van der Waals surface area contributed by atoms with Crippen LogP contribution in [0.1, 0.15) is 81.9 Å². The Morgan fingerprint density at radius 3 is 2.65 bits per heavy atom. The third kappa shape index (κ3) is 3.44. The zero-order chi connectivity index (χ0) is 16.8. The van der Waals surface area contributed by atoms with Gasteiger partial charge in [0.15, 0.2) is 5.69 Å². The molecule has 23 heavy (non-hydrogen) atoms. The van der Waals surface area contributed by atoms with Gasteiger partial charge in [-0.15, -0.1) is 0 Å². The summed E-state index contributed by atoms with van der Waals surface area (Å²) in [4.78, 5) is 14.9. The molecule has 2 heterocycles. The van der Waals surface area contributed by atoms with E-state index in [9.17, 15) is 9.90 Å². The molecule has 1 saturated heterocycles. The minimum atomic E-state index is -0.373. The first-order chi connectivity index (χ1) is 10.8. The molecule has 1 aromatic rings. The van der Waals surface area contributed by atoms with Crippen LogP contribution in [0.15, 0.2) is 6.07 Å². The molecule has 0 aromatic carbocycles. The molecule has 1 aliphatic heterocycles. The van der Waals surface area contributed by atoms with Crippen LogP contribution in [-0.2, 0) is 5.54 Å². The number of aliphatic hydroxyl groups excluding tert-OH is 1. The number of carbonyl (C=O) groups is 1. The fourth-order valence-corrected chi connectivity index (χ4v) is 3.60. The molecule has 3 rings (SSSR count). The number of nitrogens with zero attached hydrogens (tertiary/aromatic N) is 3. The standard InChI is InChI=1S/C18H29N3O2/c1-12(22)10-14-6-5-9-20(14)17(23)15-11-16(13-7-8-13)21(19-15)18(2,3)4/h11-14,22H,5-10H2,1-4H3. The molecule has 0 spiro atoms. The summed E-state index contributed by atoms with van der Waals surface area (Å²) in [6.45, 7) is 8.96. The van der Waals surface area contributed by atoms with E-state index in [0.717, 1.165) is 19.4 Å². The van der Waals surface area contributed by atoms with Crippen LogP contribution < -0.4 is 0 Å². The number of aliphatic hydroxyl groups is 1. The van der Waals surface area contributed by atoms with Crippen molar-refractivity contribution in [3.8, 4) is 0 Å². The molecule has 1 saturated carbocycles. The minimum Gasteiger partial charge on any atom is -0.393 e. The predicted octanol–water partition coefficient (Wildman–Crippen LogP) is 2.89. The van der Waals surface area contributed by atoms with Crippen LogP contribution in [0, 0.1) is 0 Å². The predicted molar refractivity (Wildman–Crippen MR) is 89.6 cm³/mol. The first-order valence-corrected chi connectivity index (χ1v) is 8.87. The van der Waals surface area contributed by atoms with E-state index >= 15 is 0 Å². The van der Waals surface area contributed by atoms with Gasteiger partial charge in [-0.1, -0.05) is 0 Å². The highest BCUT2D eigenvalue weighted by Gasteiger charge is 2.35. The molecule has 2 fully saturated rings. The van der Waals surface area contributed by atoms with Gasteiger partial charge in [-0.05, 0) is 65.9 Å². The number of likely N-dealkylation sites (tertiary alicyclic amines) is 1. The Bertz CT molecular complexity index is 582. The third-order valence-corrected chi connectivity index (χ3v) is 4.84. The van der Waals surface area contributed by atoms with Gasteiger partial charge >= 0.3 is 0 Å². The molecule has 0 radical (unpaired) electrons. The average molecular weight is 319 g/mol. The summed E-state index contributed by atoms with van der Waals surface area (Å²) in [5.74, 6) is 0.591. The zero-order valence-electron chi connectivity index (χ0n) is 14.7. The summed E-state index contributed by atoms with van der Waals surface area (Å²) >= 11 is 0. The van der Waals surface area contributed by atoms with Gasteiger partial charge in [0.1, 0.15) is 0 Å². The van der Waals surface area contributed by atoms with Crippen LogP contribution in [0.25, 0.3) is 0 Å². The molecule has 5 nitrogen and oxygen atoms in total. The SMILES string of the molecule is CC(O)CC1CCCN1C(=O)c1cc(C2CC2)n(C(C)(C)C)n1. The fourth-order valence-electron chi connectivity index (χ4n) is 3.60. The van der Waals surface area contributed by atoms with Gasteiger partial charge in [0.05, 0.1) is 11.6 Å². The molecule has 1 aliphatic carbocycles. The first-order valence-electron chi connectivity index (χ1n) is 8.87. The van der Waals surface area contributed by atoms with Crippen molar-refractivity contribution in [3.05, 3.63) is 17.5 Å². The van der Waals surface area contributed by atoms with Crippen molar-refractivity contribution in [2.45, 2.75) is 83.4 Å². The Morgan fingerprint density at radius 1 is 1.39 bits per heavy atom. The Balaban J connectivity index is 1.85. The quantitative estimate of drug-likeness (QED) is 0.928. The van der Waals surface area contributed by atoms with Crippen LogP contribution >= 0.6 is 0 Å². The fraction of sp³-hybridized carbons (Fsp3) is 0.778. The van der Waals surface area contributed by atoms with Gasteiger partial charge in [0, 0.05) is 24.2 Å². The van der Waals surface area contributed by atoms with E-state index in [1.165, 1.54) is 18.5 Å². The maximum Gasteiger partial charge on any atom is 0.274 e. The number of hydrogen-bond donors (Lipinski definition) is 1. The number of rotatable bonds is 4. The van der Waals surface area contributed by atoms with E-state index in [1.807, 2.05) is 15.6 Å². The Hall–Kier alpha value is -1.36. The third-order valence-electron chi connectivity index (χ3n) is 4.84. The average Bonchev–Trinajstić information content (AvgIpc) is 3.01. The van der Waals surface area contributed by atoms with Crippen LogP contribution in [0.3, 0.4) is 0 Å². The molecule has 2 atom stereocenters. The highest BCUT2D eigenvalue weighted by molar-refractivity contribution is 5.93. The summed E-state index contributed by atoms with van der Waals surface area (Å²) in [5.41, 5.74) is 1.66. The Labute approximate surface area is 138 Å². The molecule has 2 unspecified atom stereocenters. The van der Waals surface area contributed by atoms with Crippen molar-refractivity contribution in [1.29, 1.82) is 0 Å². The van der Waals surface area contributed by atoms with Gasteiger partial charge < -0.3 is 10.0 Å². The van der Waals surface area contributed by atoms with Crippen molar-refractivity contribution >= 4 is 5.91 Å². The van der Waals surface area contributed by atoms with Gasteiger partial charge in [-0.3, -0.25) is 9.48 Å². The smallest absolute Gasteiger partial charge is 0.274 e. The van der Waals surface area contributed by atoms with E-state index in [-0.39, 0.29) is 23.6 Å². The molecule has 1 amide bonds. The molecule has 1 N–H and O–H groups in total. The van der Waals surface area contributed by atoms with Crippen molar-refractivity contribution < 1.29 is 9.90 Å². The second kappa shape index (κ2) is 5.93. The van der Waals surface area contributed by atoms with Gasteiger partial charge in [-0.2, -0.15) is 5.10 Å². The Kier molecular flexibility index (Phi) is 4.25. The van der Waals surface area contributed by atoms with E-state index < -0.39 is 0 Å². The highest BCUT2D eigenvalue weighted by atomic mass is 16.3. The van der Waals surface area contributed by atoms with Gasteiger partial charge in [0.2, 0.25) is 0 Å². The van der Waals surface area contributed by atoms with Crippen LogP contribution in [-0.4, -0.2) is 44.4 Å². The molecule has 1 aromatic heterocycles. The first kappa shape index (κ1) is 16.5. The zero-order valence-corrected chi connectivity index (χ0v) is 14.7. The molecule has 5 heteroatoms. The van der Waals surface area contributed by atoms with Crippen LogP contribution in [0.5, 0.6) is 0 Å². The Morgan fingerprint density at radius 2 is 2.09 bits per heavy atom. The van der Waals surface area contributed by atoms with Crippen molar-refractivity contribution in [1.82, 2.24) is 14.7 Å². The number of carbonyl (C=O) groups excluding carboxylic acids is 1. The van der Waals surface area contributed by atoms with Crippen molar-refractivity contribution in [2.75, 3.05) is 6.54 Å². The number of hydrogen-bond acceptors (Lipinski definition) is 3. The van der Waals surface area contributed by atoms with E-state index in [4.69, 9.17) is 0 Å². The maximum atomic E-state index is 12.9. The second-order valence-corrected chi connectivity index (χ2v) is 8.19. The van der Waals surface area contributed by atoms with Crippen molar-refractivity contribution in [2.24, 2.45) is 0 Å². The lowest BCUT2D eigenvalue weighted by Crippen LogP contribution is -2.37. The lowest BCUT2D eigenvalue weighted by Gasteiger charge is -2.25. The van der Waals surface area contributed by atoms with Crippen molar-refractivity contribution in [3.63, 3.8) is 0 Å². The van der Waals surface area contributed by atoms with E-state index in [1.54, 1.807) is 6.92 Å². The number of amides is 1. The van der Waals surface area contributed by atoms with Gasteiger partial charge in [-0.25, -0.2) is 0 Å². The summed E-state index contributed by atoms with van der Waals surface area (Å²) < 4.78 is 2.04. The summed E-state index contributed by atoms with van der Waals surface area (Å²) in [7, 11) is 0. The second-order valence-electron chi connectivity index (χ2n) is 8.19. The van der Waals surface area contributed by atoms with E-state index in [2.05, 4.69) is 25.9 Å². The van der Waals surface area contributed by atoms with Crippen LogP contribution in [0.4, 0.5) is 0 Å². The lowest BCUT2D eigenvalue weighted by atomic mass is 10.1. The minimum absolute atomic E-state index is 0.0260. The van der Waals surface area contributed by atoms with Crippen LogP contribution in [0.2, 0.25) is 0 Å². The van der Waals surface area contributed by atoms with E-state index in [0.29, 0.717) is 18.0 Å². The lowest BCUT2D eigenvalue weighted by molar-refractivity contribution is 0.0674. The monoisotopic (exact) mass is 319 g/mol. The molecule has 128 valence electrons. The van der Waals surface area contributed by atoms with Gasteiger partial charge in [0.25, 0.3) is 5.91 Å². The summed E-state index contributed by atoms with van der Waals surface area (Å²) in [6, 6.07) is 2.15. The summed E-state index contributed by atoms with van der Waals surface area (Å²) in [6.07, 6.45) is 4.67. The largest absolute Gasteiger partial charge is 0.393 e. The normalized spacial score (nSPS) is 23.3.